The number of anilines is 1. The highest BCUT2D eigenvalue weighted by Crippen LogP contribution is 2.18. The Balaban J connectivity index is 1.65. The van der Waals surface area contributed by atoms with Crippen LogP contribution < -0.4 is 5.73 Å². The molecular weight excluding hydrogens is 356 g/mol. The largest absolute Gasteiger partial charge is 0.382 e. The SMILES string of the molecule is Cc1cc(CN(C)CCn2cnc3c(N)ncnc32)ccc1Br. The second kappa shape index (κ2) is 6.64. The molecule has 0 radical (unpaired) electrons. The van der Waals surface area contributed by atoms with Crippen LogP contribution in [0.25, 0.3) is 11.2 Å². The van der Waals surface area contributed by atoms with Gasteiger partial charge >= 0.3 is 0 Å². The van der Waals surface area contributed by atoms with Gasteiger partial charge in [-0.1, -0.05) is 28.1 Å². The molecule has 0 atom stereocenters. The fourth-order valence-corrected chi connectivity index (χ4v) is 2.78. The summed E-state index contributed by atoms with van der Waals surface area (Å²) in [4.78, 5) is 14.8. The van der Waals surface area contributed by atoms with Crippen LogP contribution in [0.5, 0.6) is 0 Å². The topological polar surface area (TPSA) is 72.9 Å². The molecule has 0 saturated carbocycles. The highest BCUT2D eigenvalue weighted by molar-refractivity contribution is 9.10. The van der Waals surface area contributed by atoms with Crippen molar-refractivity contribution in [3.05, 3.63) is 46.5 Å². The molecule has 0 spiro atoms. The number of aromatic nitrogens is 4. The van der Waals surface area contributed by atoms with E-state index in [1.807, 2.05) is 4.57 Å². The van der Waals surface area contributed by atoms with Crippen molar-refractivity contribution in [2.45, 2.75) is 20.0 Å². The average Bonchev–Trinajstić information content (AvgIpc) is 2.94. The molecule has 0 saturated heterocycles. The molecule has 0 amide bonds. The second-order valence-electron chi connectivity index (χ2n) is 5.69. The van der Waals surface area contributed by atoms with Crippen LogP contribution in [-0.4, -0.2) is 38.0 Å². The Bertz CT molecular complexity index is 829. The van der Waals surface area contributed by atoms with Gasteiger partial charge in [0.25, 0.3) is 0 Å². The Labute approximate surface area is 143 Å². The molecule has 2 heterocycles. The molecule has 0 unspecified atom stereocenters. The Kier molecular flexibility index (Phi) is 4.58. The Morgan fingerprint density at radius 1 is 1.26 bits per heavy atom. The standard InChI is InChI=1S/C16H19BrN6/c1-11-7-12(3-4-13(11)17)8-22(2)5-6-23-10-21-14-15(18)19-9-20-16(14)23/h3-4,7,9-10H,5-6,8H2,1-2H3,(H2,18,19,20). The third-order valence-electron chi connectivity index (χ3n) is 3.83. The fourth-order valence-electron chi connectivity index (χ4n) is 2.54. The summed E-state index contributed by atoms with van der Waals surface area (Å²) in [5.41, 5.74) is 9.82. The minimum Gasteiger partial charge on any atom is -0.382 e. The smallest absolute Gasteiger partial charge is 0.165 e. The van der Waals surface area contributed by atoms with Crippen molar-refractivity contribution in [3.63, 3.8) is 0 Å². The van der Waals surface area contributed by atoms with Crippen LogP contribution in [0, 0.1) is 6.92 Å². The number of nitrogens with two attached hydrogens (primary N) is 1. The van der Waals surface area contributed by atoms with Crippen molar-refractivity contribution in [2.75, 3.05) is 19.3 Å². The van der Waals surface area contributed by atoms with E-state index in [1.54, 1.807) is 6.33 Å². The Morgan fingerprint density at radius 2 is 2.09 bits per heavy atom. The summed E-state index contributed by atoms with van der Waals surface area (Å²) in [6.45, 7) is 4.70. The van der Waals surface area contributed by atoms with Crippen molar-refractivity contribution >= 4 is 32.9 Å². The molecule has 120 valence electrons. The lowest BCUT2D eigenvalue weighted by atomic mass is 10.1. The maximum absolute atomic E-state index is 5.81. The normalized spacial score (nSPS) is 11.5. The van der Waals surface area contributed by atoms with E-state index in [2.05, 4.69) is 68.0 Å². The molecule has 2 N–H and O–H groups in total. The van der Waals surface area contributed by atoms with Crippen molar-refractivity contribution < 1.29 is 0 Å². The monoisotopic (exact) mass is 374 g/mol. The lowest BCUT2D eigenvalue weighted by Crippen LogP contribution is -2.22. The lowest BCUT2D eigenvalue weighted by Gasteiger charge is -2.17. The molecule has 0 bridgehead atoms. The summed E-state index contributed by atoms with van der Waals surface area (Å²) >= 11 is 3.54. The van der Waals surface area contributed by atoms with E-state index in [-0.39, 0.29) is 0 Å². The van der Waals surface area contributed by atoms with E-state index >= 15 is 0 Å². The second-order valence-corrected chi connectivity index (χ2v) is 6.54. The number of aryl methyl sites for hydroxylation is 1. The number of nitrogens with zero attached hydrogens (tertiary/aromatic N) is 5. The number of hydrogen-bond donors (Lipinski definition) is 1. The van der Waals surface area contributed by atoms with Crippen LogP contribution in [0.1, 0.15) is 11.1 Å². The van der Waals surface area contributed by atoms with Gasteiger partial charge < -0.3 is 15.2 Å². The van der Waals surface area contributed by atoms with E-state index < -0.39 is 0 Å². The maximum Gasteiger partial charge on any atom is 0.165 e. The first-order chi connectivity index (χ1) is 11.0. The highest BCUT2D eigenvalue weighted by Gasteiger charge is 2.08. The van der Waals surface area contributed by atoms with E-state index in [4.69, 9.17) is 5.73 Å². The average molecular weight is 375 g/mol. The minimum absolute atomic E-state index is 0.424. The van der Waals surface area contributed by atoms with E-state index in [1.165, 1.54) is 17.5 Å². The number of rotatable bonds is 5. The molecular formula is C16H19BrN6. The summed E-state index contributed by atoms with van der Waals surface area (Å²) in [7, 11) is 2.11. The van der Waals surface area contributed by atoms with Crippen molar-refractivity contribution in [1.82, 2.24) is 24.4 Å². The summed E-state index contributed by atoms with van der Waals surface area (Å²) in [6, 6.07) is 6.46. The van der Waals surface area contributed by atoms with Gasteiger partial charge in [0, 0.05) is 24.1 Å². The van der Waals surface area contributed by atoms with Crippen molar-refractivity contribution in [3.8, 4) is 0 Å². The number of imidazole rings is 1. The molecule has 7 heteroatoms. The molecule has 0 fully saturated rings. The highest BCUT2D eigenvalue weighted by atomic mass is 79.9. The molecule has 3 aromatic rings. The Morgan fingerprint density at radius 3 is 2.87 bits per heavy atom. The minimum atomic E-state index is 0.424. The lowest BCUT2D eigenvalue weighted by molar-refractivity contribution is 0.312. The first-order valence-corrected chi connectivity index (χ1v) is 8.19. The first kappa shape index (κ1) is 15.9. The maximum atomic E-state index is 5.81. The van der Waals surface area contributed by atoms with Gasteiger partial charge in [-0.25, -0.2) is 15.0 Å². The molecule has 6 nitrogen and oxygen atoms in total. The van der Waals surface area contributed by atoms with Gasteiger partial charge in [-0.05, 0) is 31.2 Å². The third kappa shape index (κ3) is 3.51. The van der Waals surface area contributed by atoms with E-state index in [0.29, 0.717) is 11.3 Å². The van der Waals surface area contributed by atoms with Crippen molar-refractivity contribution in [1.29, 1.82) is 0 Å². The number of halogens is 1. The molecule has 1 aromatic carbocycles. The molecule has 3 rings (SSSR count). The summed E-state index contributed by atoms with van der Waals surface area (Å²) in [5.74, 6) is 0.424. The van der Waals surface area contributed by atoms with Crippen LogP contribution in [0.2, 0.25) is 0 Å². The molecule has 23 heavy (non-hydrogen) atoms. The van der Waals surface area contributed by atoms with Crippen molar-refractivity contribution in [2.24, 2.45) is 0 Å². The van der Waals surface area contributed by atoms with Gasteiger partial charge in [0.1, 0.15) is 11.8 Å². The van der Waals surface area contributed by atoms with Crippen LogP contribution >= 0.6 is 15.9 Å². The first-order valence-electron chi connectivity index (χ1n) is 7.39. The number of benzene rings is 1. The number of likely N-dealkylation sites (N-methyl/N-ethyl adjacent to an activating group) is 1. The van der Waals surface area contributed by atoms with Gasteiger partial charge in [0.15, 0.2) is 11.5 Å². The van der Waals surface area contributed by atoms with Crippen LogP contribution in [0.15, 0.2) is 35.3 Å². The zero-order valence-corrected chi connectivity index (χ0v) is 14.8. The van der Waals surface area contributed by atoms with Crippen LogP contribution in [0.4, 0.5) is 5.82 Å². The van der Waals surface area contributed by atoms with E-state index in [0.717, 1.165) is 29.8 Å². The molecule has 0 aliphatic rings. The van der Waals surface area contributed by atoms with Crippen LogP contribution in [-0.2, 0) is 13.1 Å². The van der Waals surface area contributed by atoms with Gasteiger partial charge in [0.2, 0.25) is 0 Å². The van der Waals surface area contributed by atoms with Gasteiger partial charge in [0.05, 0.1) is 6.33 Å². The summed E-state index contributed by atoms with van der Waals surface area (Å²) in [6.07, 6.45) is 3.25. The fraction of sp³-hybridized carbons (Fsp3) is 0.312. The van der Waals surface area contributed by atoms with Gasteiger partial charge in [-0.2, -0.15) is 0 Å². The predicted octanol–water partition coefficient (Wildman–Crippen LogP) is 2.61. The number of nitrogen functional groups attached to an aromatic ring is 1. The Hall–Kier alpha value is -1.99. The van der Waals surface area contributed by atoms with Gasteiger partial charge in [-0.15, -0.1) is 0 Å². The van der Waals surface area contributed by atoms with E-state index in [9.17, 15) is 0 Å². The molecule has 0 aliphatic carbocycles. The molecule has 0 aliphatic heterocycles. The third-order valence-corrected chi connectivity index (χ3v) is 4.72. The zero-order chi connectivity index (χ0) is 16.4. The predicted molar refractivity (Wildman–Crippen MR) is 94.9 cm³/mol. The zero-order valence-electron chi connectivity index (χ0n) is 13.2. The quantitative estimate of drug-likeness (QED) is 0.742. The number of fused-ring (bicyclic) bond motifs is 1. The number of hydrogen-bond acceptors (Lipinski definition) is 5. The van der Waals surface area contributed by atoms with Crippen LogP contribution in [0.3, 0.4) is 0 Å². The summed E-state index contributed by atoms with van der Waals surface area (Å²) in [5, 5.41) is 0. The molecule has 2 aromatic heterocycles. The van der Waals surface area contributed by atoms with Gasteiger partial charge in [-0.3, -0.25) is 0 Å². The summed E-state index contributed by atoms with van der Waals surface area (Å²) < 4.78 is 3.16.